The van der Waals surface area contributed by atoms with E-state index >= 15 is 0 Å². The topological polar surface area (TPSA) is 115 Å². The lowest BCUT2D eigenvalue weighted by molar-refractivity contribution is -0.402. The molecule has 0 aliphatic carbocycles. The molecular formula is C18H11N3O4. The molecule has 0 saturated heterocycles. The van der Waals surface area contributed by atoms with Gasteiger partial charge in [-0.1, -0.05) is 36.4 Å². The molecule has 2 aromatic carbocycles. The second-order valence-electron chi connectivity index (χ2n) is 5.56. The third-order valence-corrected chi connectivity index (χ3v) is 4.18. The SMILES string of the molecule is N#CC1=C(N)Oc2c(ccc3ccccc23)C1c1ccc([N+](=O)[O-])o1. The molecule has 0 bridgehead atoms. The van der Waals surface area contributed by atoms with Crippen LogP contribution in [0.4, 0.5) is 5.88 Å². The van der Waals surface area contributed by atoms with E-state index in [0.717, 1.165) is 10.8 Å². The Morgan fingerprint density at radius 3 is 2.68 bits per heavy atom. The van der Waals surface area contributed by atoms with E-state index in [2.05, 4.69) is 0 Å². The van der Waals surface area contributed by atoms with Gasteiger partial charge in [-0.15, -0.1) is 0 Å². The number of nitro groups is 1. The molecular weight excluding hydrogens is 322 g/mol. The number of ether oxygens (including phenoxy) is 1. The highest BCUT2D eigenvalue weighted by Gasteiger charge is 2.34. The van der Waals surface area contributed by atoms with Crippen molar-refractivity contribution >= 4 is 16.7 Å². The Bertz CT molecular complexity index is 1090. The van der Waals surface area contributed by atoms with E-state index in [0.29, 0.717) is 11.3 Å². The van der Waals surface area contributed by atoms with E-state index in [1.807, 2.05) is 42.5 Å². The zero-order valence-corrected chi connectivity index (χ0v) is 12.8. The summed E-state index contributed by atoms with van der Waals surface area (Å²) >= 11 is 0. The predicted molar refractivity (Wildman–Crippen MR) is 88.6 cm³/mol. The first-order chi connectivity index (χ1) is 12.1. The van der Waals surface area contributed by atoms with Crippen LogP contribution in [0.1, 0.15) is 17.2 Å². The van der Waals surface area contributed by atoms with Crippen molar-refractivity contribution in [2.24, 2.45) is 5.73 Å². The van der Waals surface area contributed by atoms with Crippen LogP contribution < -0.4 is 10.5 Å². The molecule has 7 nitrogen and oxygen atoms in total. The summed E-state index contributed by atoms with van der Waals surface area (Å²) in [5.41, 5.74) is 6.78. The Labute approximate surface area is 141 Å². The Morgan fingerprint density at radius 1 is 1.16 bits per heavy atom. The van der Waals surface area contributed by atoms with Gasteiger partial charge in [0.15, 0.2) is 0 Å². The van der Waals surface area contributed by atoms with Crippen molar-refractivity contribution in [2.75, 3.05) is 0 Å². The van der Waals surface area contributed by atoms with Crippen molar-refractivity contribution in [2.45, 2.75) is 5.92 Å². The summed E-state index contributed by atoms with van der Waals surface area (Å²) in [4.78, 5) is 10.3. The third kappa shape index (κ3) is 2.20. The number of allylic oxidation sites excluding steroid dienone is 1. The quantitative estimate of drug-likeness (QED) is 0.566. The van der Waals surface area contributed by atoms with Gasteiger partial charge in [-0.25, -0.2) is 0 Å². The Balaban J connectivity index is 1.98. The maximum atomic E-state index is 10.9. The molecule has 2 N–H and O–H groups in total. The minimum atomic E-state index is -0.660. The van der Waals surface area contributed by atoms with Crippen molar-refractivity contribution in [3.05, 3.63) is 81.4 Å². The summed E-state index contributed by atoms with van der Waals surface area (Å²) in [6, 6.07) is 16.1. The molecule has 25 heavy (non-hydrogen) atoms. The van der Waals surface area contributed by atoms with Gasteiger partial charge in [0.25, 0.3) is 0 Å². The van der Waals surface area contributed by atoms with Gasteiger partial charge in [-0.3, -0.25) is 10.1 Å². The maximum Gasteiger partial charge on any atom is 0.433 e. The third-order valence-electron chi connectivity index (χ3n) is 4.18. The monoisotopic (exact) mass is 333 g/mol. The number of nitrogens with zero attached hydrogens (tertiary/aromatic N) is 2. The molecule has 4 rings (SSSR count). The molecule has 1 unspecified atom stereocenters. The van der Waals surface area contributed by atoms with Crippen molar-refractivity contribution in [3.8, 4) is 11.8 Å². The number of nitrogens with two attached hydrogens (primary N) is 1. The minimum Gasteiger partial charge on any atom is -0.440 e. The van der Waals surface area contributed by atoms with Crippen LogP contribution in [0, 0.1) is 21.4 Å². The van der Waals surface area contributed by atoms with Crippen LogP contribution >= 0.6 is 0 Å². The van der Waals surface area contributed by atoms with Crippen LogP contribution in [0.3, 0.4) is 0 Å². The molecule has 7 heteroatoms. The molecule has 3 aromatic rings. The minimum absolute atomic E-state index is 0.0320. The number of hydrogen-bond donors (Lipinski definition) is 1. The van der Waals surface area contributed by atoms with Crippen LogP contribution in [0.15, 0.2) is 64.4 Å². The van der Waals surface area contributed by atoms with E-state index in [1.54, 1.807) is 0 Å². The van der Waals surface area contributed by atoms with Crippen molar-refractivity contribution < 1.29 is 14.1 Å². The Kier molecular flexibility index (Phi) is 3.18. The lowest BCUT2D eigenvalue weighted by atomic mass is 9.86. The molecule has 2 heterocycles. The fourth-order valence-corrected chi connectivity index (χ4v) is 3.07. The zero-order chi connectivity index (χ0) is 17.6. The summed E-state index contributed by atoms with van der Waals surface area (Å²) < 4.78 is 11.1. The Morgan fingerprint density at radius 2 is 1.96 bits per heavy atom. The van der Waals surface area contributed by atoms with Crippen LogP contribution in [0.5, 0.6) is 5.75 Å². The standard InChI is InChI=1S/C18H11N3O4/c19-9-13-16(14-7-8-15(24-14)21(22)23)12-6-5-10-3-1-2-4-11(10)17(12)25-18(13)20/h1-8,16H,20H2. The smallest absolute Gasteiger partial charge is 0.433 e. The van der Waals surface area contributed by atoms with Gasteiger partial charge in [0.05, 0.1) is 12.0 Å². The fourth-order valence-electron chi connectivity index (χ4n) is 3.07. The summed E-state index contributed by atoms with van der Waals surface area (Å²) in [6.45, 7) is 0. The summed E-state index contributed by atoms with van der Waals surface area (Å²) in [5.74, 6) is -0.285. The van der Waals surface area contributed by atoms with Crippen molar-refractivity contribution in [3.63, 3.8) is 0 Å². The van der Waals surface area contributed by atoms with E-state index in [4.69, 9.17) is 14.9 Å². The van der Waals surface area contributed by atoms with E-state index in [-0.39, 0.29) is 23.1 Å². The first-order valence-electron chi connectivity index (χ1n) is 7.43. The van der Waals surface area contributed by atoms with Gasteiger partial charge in [0.1, 0.15) is 28.1 Å². The Hall–Kier alpha value is -3.79. The van der Waals surface area contributed by atoms with Crippen LogP contribution in [-0.4, -0.2) is 4.92 Å². The van der Waals surface area contributed by atoms with Crippen molar-refractivity contribution in [1.29, 1.82) is 5.26 Å². The molecule has 1 atom stereocenters. The van der Waals surface area contributed by atoms with Gasteiger partial charge < -0.3 is 14.9 Å². The highest BCUT2D eigenvalue weighted by Crippen LogP contribution is 2.45. The number of nitriles is 1. The molecule has 0 radical (unpaired) electrons. The van der Waals surface area contributed by atoms with Crippen LogP contribution in [-0.2, 0) is 0 Å². The molecule has 0 fully saturated rings. The van der Waals surface area contributed by atoms with E-state index < -0.39 is 10.8 Å². The number of furan rings is 1. The number of benzene rings is 2. The fraction of sp³-hybridized carbons (Fsp3) is 0.0556. The summed E-state index contributed by atoms with van der Waals surface area (Å²) in [6.07, 6.45) is 0. The number of fused-ring (bicyclic) bond motifs is 3. The number of hydrogen-bond acceptors (Lipinski definition) is 6. The molecule has 0 spiro atoms. The lowest BCUT2D eigenvalue weighted by Crippen LogP contribution is -2.21. The molecule has 1 aromatic heterocycles. The summed E-state index contributed by atoms with van der Waals surface area (Å²) in [5, 5.41) is 22.2. The first-order valence-corrected chi connectivity index (χ1v) is 7.43. The average Bonchev–Trinajstić information content (AvgIpc) is 3.10. The average molecular weight is 333 g/mol. The summed E-state index contributed by atoms with van der Waals surface area (Å²) in [7, 11) is 0. The zero-order valence-electron chi connectivity index (χ0n) is 12.8. The van der Waals surface area contributed by atoms with Gasteiger partial charge in [-0.05, 0) is 11.5 Å². The molecule has 0 amide bonds. The van der Waals surface area contributed by atoms with Gasteiger partial charge in [-0.2, -0.15) is 5.26 Å². The largest absolute Gasteiger partial charge is 0.440 e. The molecule has 122 valence electrons. The van der Waals surface area contributed by atoms with E-state index in [1.165, 1.54) is 12.1 Å². The van der Waals surface area contributed by atoms with Crippen molar-refractivity contribution in [1.82, 2.24) is 0 Å². The second kappa shape index (κ2) is 5.39. The first kappa shape index (κ1) is 14.8. The molecule has 1 aliphatic rings. The lowest BCUT2D eigenvalue weighted by Gasteiger charge is -2.25. The predicted octanol–water partition coefficient (Wildman–Crippen LogP) is 3.56. The van der Waals surface area contributed by atoms with Gasteiger partial charge in [0, 0.05) is 10.9 Å². The maximum absolute atomic E-state index is 10.9. The number of rotatable bonds is 2. The van der Waals surface area contributed by atoms with Crippen LogP contribution in [0.25, 0.3) is 10.8 Å². The van der Waals surface area contributed by atoms with Gasteiger partial charge >= 0.3 is 5.88 Å². The van der Waals surface area contributed by atoms with E-state index in [9.17, 15) is 15.4 Å². The normalized spacial score (nSPS) is 16.2. The second-order valence-corrected chi connectivity index (χ2v) is 5.56. The van der Waals surface area contributed by atoms with Crippen LogP contribution in [0.2, 0.25) is 0 Å². The molecule has 1 aliphatic heterocycles. The van der Waals surface area contributed by atoms with Gasteiger partial charge in [0.2, 0.25) is 5.88 Å². The highest BCUT2D eigenvalue weighted by atomic mass is 16.6. The molecule has 0 saturated carbocycles. The highest BCUT2D eigenvalue weighted by molar-refractivity contribution is 5.90.